The van der Waals surface area contributed by atoms with Gasteiger partial charge in [0.25, 0.3) is 11.1 Å². The van der Waals surface area contributed by atoms with Crippen LogP contribution in [0.4, 0.5) is 4.79 Å². The number of carbonyl (C=O) groups excluding carboxylic acids is 3. The number of hydrogen-bond acceptors (Lipinski definition) is 5. The first kappa shape index (κ1) is 20.2. The quantitative estimate of drug-likeness (QED) is 0.827. The second kappa shape index (κ2) is 8.20. The van der Waals surface area contributed by atoms with Crippen LogP contribution in [0.15, 0.2) is 24.3 Å². The van der Waals surface area contributed by atoms with Crippen LogP contribution in [0.3, 0.4) is 0 Å². The van der Waals surface area contributed by atoms with Gasteiger partial charge in [-0.15, -0.1) is 12.4 Å². The minimum atomic E-state index is -0.214. The van der Waals surface area contributed by atoms with Gasteiger partial charge in [0.15, 0.2) is 0 Å². The molecule has 2 unspecified atom stereocenters. The molecular formula is C19H24ClN3O3S. The van der Waals surface area contributed by atoms with E-state index in [2.05, 4.69) is 5.32 Å². The molecule has 4 rings (SSSR count). The van der Waals surface area contributed by atoms with E-state index < -0.39 is 0 Å². The van der Waals surface area contributed by atoms with E-state index in [1.165, 1.54) is 17.7 Å². The number of thioether (sulfide) groups is 1. The second-order valence-electron chi connectivity index (χ2n) is 7.41. The molecule has 1 aromatic carbocycles. The minimum Gasteiger partial charge on any atom is -0.339 e. The molecule has 0 saturated carbocycles. The molecule has 1 N–H and O–H groups in total. The predicted octanol–water partition coefficient (Wildman–Crippen LogP) is 2.66. The van der Waals surface area contributed by atoms with Crippen LogP contribution >= 0.6 is 24.2 Å². The molecule has 27 heavy (non-hydrogen) atoms. The summed E-state index contributed by atoms with van der Waals surface area (Å²) in [6.45, 7) is 0.229. The van der Waals surface area contributed by atoms with Crippen LogP contribution in [0, 0.1) is 0 Å². The largest absolute Gasteiger partial charge is 0.339 e. The normalized spacial score (nSPS) is 26.9. The highest BCUT2D eigenvalue weighted by Crippen LogP contribution is 2.30. The second-order valence-corrected chi connectivity index (χ2v) is 8.34. The smallest absolute Gasteiger partial charge is 0.289 e. The first-order valence-electron chi connectivity index (χ1n) is 9.10. The van der Waals surface area contributed by atoms with Crippen LogP contribution in [-0.2, 0) is 11.3 Å². The molecule has 3 aliphatic heterocycles. The molecule has 0 spiro atoms. The van der Waals surface area contributed by atoms with Gasteiger partial charge in [-0.05, 0) is 43.4 Å². The van der Waals surface area contributed by atoms with E-state index in [1.54, 1.807) is 12.1 Å². The summed E-state index contributed by atoms with van der Waals surface area (Å²) in [6, 6.07) is 8.61. The molecule has 3 aliphatic rings. The third kappa shape index (κ3) is 4.15. The van der Waals surface area contributed by atoms with Crippen molar-refractivity contribution in [2.24, 2.45) is 0 Å². The fraction of sp³-hybridized carbons (Fsp3) is 0.526. The number of fused-ring (bicyclic) bond motifs is 2. The molecule has 3 saturated heterocycles. The maximum Gasteiger partial charge on any atom is 0.289 e. The number of nitrogens with one attached hydrogen (secondary N) is 1. The number of carbonyl (C=O) groups is 3. The molecule has 3 fully saturated rings. The summed E-state index contributed by atoms with van der Waals surface area (Å²) in [4.78, 5) is 39.6. The molecule has 0 aliphatic carbocycles. The summed E-state index contributed by atoms with van der Waals surface area (Å²) >= 11 is 1.03. The van der Waals surface area contributed by atoms with Crippen LogP contribution in [0.1, 0.15) is 41.6 Å². The number of benzene rings is 1. The standard InChI is InChI=1S/C19H23N3O3S.ClH/c1-21(16-8-14-5-6-15(9-16)20-14)18(24)13-4-2-3-12(7-13)10-22-17(23)11-26-19(22)25;/h2-4,7,14-16,20H,5-6,8-11H2,1H3;1H. The van der Waals surface area contributed by atoms with E-state index in [0.717, 1.165) is 30.2 Å². The Hall–Kier alpha value is -1.57. The number of imide groups is 1. The van der Waals surface area contributed by atoms with Crippen LogP contribution in [0.25, 0.3) is 0 Å². The van der Waals surface area contributed by atoms with Crippen molar-refractivity contribution in [2.45, 2.75) is 50.4 Å². The topological polar surface area (TPSA) is 69.7 Å². The van der Waals surface area contributed by atoms with E-state index in [9.17, 15) is 14.4 Å². The fourth-order valence-corrected chi connectivity index (χ4v) is 4.96. The van der Waals surface area contributed by atoms with Crippen molar-refractivity contribution in [2.75, 3.05) is 12.8 Å². The molecule has 6 nitrogen and oxygen atoms in total. The average molecular weight is 410 g/mol. The predicted molar refractivity (Wildman–Crippen MR) is 107 cm³/mol. The van der Waals surface area contributed by atoms with Gasteiger partial charge in [0.2, 0.25) is 5.91 Å². The first-order chi connectivity index (χ1) is 12.5. The highest BCUT2D eigenvalue weighted by Gasteiger charge is 2.36. The zero-order valence-corrected chi connectivity index (χ0v) is 16.9. The maximum absolute atomic E-state index is 12.9. The molecule has 0 aromatic heterocycles. The van der Waals surface area contributed by atoms with E-state index in [1.807, 2.05) is 24.1 Å². The number of hydrogen-bond donors (Lipinski definition) is 1. The third-order valence-corrected chi connectivity index (χ3v) is 6.53. The molecule has 146 valence electrons. The molecular weight excluding hydrogens is 386 g/mol. The Labute approximate surface area is 169 Å². The van der Waals surface area contributed by atoms with Crippen LogP contribution < -0.4 is 5.32 Å². The van der Waals surface area contributed by atoms with E-state index in [-0.39, 0.29) is 47.8 Å². The van der Waals surface area contributed by atoms with Gasteiger partial charge in [-0.25, -0.2) is 0 Å². The van der Waals surface area contributed by atoms with Crippen LogP contribution in [-0.4, -0.2) is 57.8 Å². The summed E-state index contributed by atoms with van der Waals surface area (Å²) in [5.74, 6) is 0.0451. The average Bonchev–Trinajstić information content (AvgIpc) is 3.15. The van der Waals surface area contributed by atoms with Crippen LogP contribution in [0.5, 0.6) is 0 Å². The van der Waals surface area contributed by atoms with Crippen molar-refractivity contribution in [1.82, 2.24) is 15.1 Å². The van der Waals surface area contributed by atoms with Gasteiger partial charge in [-0.2, -0.15) is 0 Å². The highest BCUT2D eigenvalue weighted by molar-refractivity contribution is 8.14. The van der Waals surface area contributed by atoms with Gasteiger partial charge in [0.1, 0.15) is 0 Å². The van der Waals surface area contributed by atoms with Gasteiger partial charge >= 0.3 is 0 Å². The summed E-state index contributed by atoms with van der Waals surface area (Å²) in [5.41, 5.74) is 1.42. The Bertz CT molecular complexity index is 731. The van der Waals surface area contributed by atoms with E-state index in [0.29, 0.717) is 17.6 Å². The van der Waals surface area contributed by atoms with Crippen molar-refractivity contribution >= 4 is 41.2 Å². The van der Waals surface area contributed by atoms with Crippen molar-refractivity contribution in [3.05, 3.63) is 35.4 Å². The fourth-order valence-electron chi connectivity index (χ4n) is 4.23. The lowest BCUT2D eigenvalue weighted by atomic mass is 9.97. The van der Waals surface area contributed by atoms with Crippen molar-refractivity contribution < 1.29 is 14.4 Å². The molecule has 2 bridgehead atoms. The summed E-state index contributed by atoms with van der Waals surface area (Å²) in [7, 11) is 1.88. The number of halogens is 1. The zero-order chi connectivity index (χ0) is 18.3. The monoisotopic (exact) mass is 409 g/mol. The summed E-state index contributed by atoms with van der Waals surface area (Å²) in [5, 5.41) is 3.39. The Balaban J connectivity index is 0.00000210. The molecule has 3 amide bonds. The number of nitrogens with zero attached hydrogens (tertiary/aromatic N) is 2. The first-order valence-corrected chi connectivity index (χ1v) is 10.1. The molecule has 8 heteroatoms. The van der Waals surface area contributed by atoms with E-state index in [4.69, 9.17) is 0 Å². The van der Waals surface area contributed by atoms with Gasteiger partial charge in [0, 0.05) is 30.7 Å². The Morgan fingerprint density at radius 1 is 1.26 bits per heavy atom. The minimum absolute atomic E-state index is 0. The summed E-state index contributed by atoms with van der Waals surface area (Å²) in [6.07, 6.45) is 4.42. The Morgan fingerprint density at radius 3 is 2.59 bits per heavy atom. The lowest BCUT2D eigenvalue weighted by Crippen LogP contribution is -2.48. The molecule has 3 heterocycles. The number of rotatable bonds is 4. The maximum atomic E-state index is 12.9. The zero-order valence-electron chi connectivity index (χ0n) is 15.2. The third-order valence-electron chi connectivity index (χ3n) is 5.67. The van der Waals surface area contributed by atoms with Crippen LogP contribution in [0.2, 0.25) is 0 Å². The molecule has 2 atom stereocenters. The Morgan fingerprint density at radius 2 is 1.96 bits per heavy atom. The number of piperidine rings is 1. The van der Waals surface area contributed by atoms with Gasteiger partial charge < -0.3 is 10.2 Å². The van der Waals surface area contributed by atoms with Gasteiger partial charge in [-0.3, -0.25) is 19.3 Å². The lowest BCUT2D eigenvalue weighted by molar-refractivity contribution is -0.125. The summed E-state index contributed by atoms with van der Waals surface area (Å²) < 4.78 is 0. The SMILES string of the molecule is CN(C(=O)c1cccc(CN2C(=O)CSC2=O)c1)C1CC2CCC(C1)N2.Cl. The lowest BCUT2D eigenvalue weighted by Gasteiger charge is -2.35. The molecule has 1 aromatic rings. The molecule has 0 radical (unpaired) electrons. The van der Waals surface area contributed by atoms with Crippen molar-refractivity contribution in [1.29, 1.82) is 0 Å². The number of amides is 3. The van der Waals surface area contributed by atoms with Crippen molar-refractivity contribution in [3.8, 4) is 0 Å². The van der Waals surface area contributed by atoms with Gasteiger partial charge in [-0.1, -0.05) is 23.9 Å². The van der Waals surface area contributed by atoms with E-state index >= 15 is 0 Å². The van der Waals surface area contributed by atoms with Crippen molar-refractivity contribution in [3.63, 3.8) is 0 Å². The highest BCUT2D eigenvalue weighted by atomic mass is 35.5. The Kier molecular flexibility index (Phi) is 6.13. The van der Waals surface area contributed by atoms with Gasteiger partial charge in [0.05, 0.1) is 12.3 Å².